The van der Waals surface area contributed by atoms with Crippen molar-refractivity contribution in [3.8, 4) is 11.4 Å². The summed E-state index contributed by atoms with van der Waals surface area (Å²) in [6.07, 6.45) is 2.36. The Hall–Kier alpha value is -3.08. The van der Waals surface area contributed by atoms with E-state index in [1.807, 2.05) is 54.6 Å². The molecule has 0 aliphatic heterocycles. The third kappa shape index (κ3) is 3.23. The maximum absolute atomic E-state index is 12.3. The number of para-hydroxylation sites is 1. The van der Waals surface area contributed by atoms with Gasteiger partial charge in [0.25, 0.3) is 5.91 Å². The van der Waals surface area contributed by atoms with Gasteiger partial charge in [0, 0.05) is 5.69 Å². The maximum Gasteiger partial charge on any atom is 0.280 e. The van der Waals surface area contributed by atoms with Crippen molar-refractivity contribution < 1.29 is 9.90 Å². The summed E-state index contributed by atoms with van der Waals surface area (Å²) >= 11 is 0. The Bertz CT molecular complexity index is 808. The summed E-state index contributed by atoms with van der Waals surface area (Å²) < 4.78 is 1.48. The quantitative estimate of drug-likeness (QED) is 0.776. The number of aromatic hydroxyl groups is 1. The van der Waals surface area contributed by atoms with Gasteiger partial charge < -0.3 is 10.4 Å². The number of carbonyl (C=O) groups is 1. The van der Waals surface area contributed by atoms with Crippen LogP contribution in [0.3, 0.4) is 0 Å². The Morgan fingerprint density at radius 1 is 1.13 bits per heavy atom. The maximum atomic E-state index is 12.3. The highest BCUT2D eigenvalue weighted by Crippen LogP contribution is 2.20. The summed E-state index contributed by atoms with van der Waals surface area (Å²) in [4.78, 5) is 12.3. The molecule has 0 saturated heterocycles. The van der Waals surface area contributed by atoms with Crippen LogP contribution in [-0.2, 0) is 6.42 Å². The molecule has 1 aromatic heterocycles. The van der Waals surface area contributed by atoms with Crippen LogP contribution in [0.5, 0.6) is 5.75 Å². The van der Waals surface area contributed by atoms with Crippen LogP contribution in [0, 0.1) is 0 Å². The zero-order chi connectivity index (χ0) is 16.2. The number of amides is 1. The third-order valence-electron chi connectivity index (χ3n) is 3.55. The van der Waals surface area contributed by atoms with Crippen molar-refractivity contribution in [2.24, 2.45) is 0 Å². The molecule has 1 amide bonds. The van der Waals surface area contributed by atoms with Crippen LogP contribution >= 0.6 is 0 Å². The lowest BCUT2D eigenvalue weighted by atomic mass is 10.1. The molecule has 3 rings (SSSR count). The number of hydrogen-bond acceptors (Lipinski definition) is 3. The van der Waals surface area contributed by atoms with E-state index < -0.39 is 5.91 Å². The standard InChI is InChI=1S/C18H17N3O2/c1-2-13-8-10-14(11-9-13)19-18(23)17-16(22)12-21(20-17)15-6-4-3-5-7-15/h3-12,22H,2H2,1H3,(H,19,23). The number of rotatable bonds is 4. The average molecular weight is 307 g/mol. The van der Waals surface area contributed by atoms with Crippen LogP contribution in [0.15, 0.2) is 60.8 Å². The Morgan fingerprint density at radius 3 is 2.48 bits per heavy atom. The van der Waals surface area contributed by atoms with E-state index in [-0.39, 0.29) is 11.4 Å². The Morgan fingerprint density at radius 2 is 1.83 bits per heavy atom. The van der Waals surface area contributed by atoms with Crippen molar-refractivity contribution in [1.82, 2.24) is 9.78 Å². The number of benzene rings is 2. The van der Waals surface area contributed by atoms with Gasteiger partial charge in [-0.25, -0.2) is 4.68 Å². The predicted octanol–water partition coefficient (Wildman–Crippen LogP) is 3.39. The third-order valence-corrected chi connectivity index (χ3v) is 3.55. The second-order valence-corrected chi connectivity index (χ2v) is 5.15. The van der Waals surface area contributed by atoms with Crippen LogP contribution in [0.4, 0.5) is 5.69 Å². The van der Waals surface area contributed by atoms with Crippen molar-refractivity contribution in [1.29, 1.82) is 0 Å². The molecule has 23 heavy (non-hydrogen) atoms. The molecule has 2 aromatic carbocycles. The van der Waals surface area contributed by atoms with Gasteiger partial charge >= 0.3 is 0 Å². The minimum Gasteiger partial charge on any atom is -0.504 e. The van der Waals surface area contributed by atoms with E-state index in [2.05, 4.69) is 17.3 Å². The van der Waals surface area contributed by atoms with Gasteiger partial charge in [-0.15, -0.1) is 0 Å². The van der Waals surface area contributed by atoms with Gasteiger partial charge in [-0.05, 0) is 36.2 Å². The molecule has 0 aliphatic rings. The topological polar surface area (TPSA) is 67.2 Å². The molecule has 0 bridgehead atoms. The minimum absolute atomic E-state index is 0.00609. The van der Waals surface area contributed by atoms with E-state index >= 15 is 0 Å². The molecule has 0 spiro atoms. The summed E-state index contributed by atoms with van der Waals surface area (Å²) in [5.74, 6) is -0.599. The first kappa shape index (κ1) is 14.8. The van der Waals surface area contributed by atoms with Gasteiger partial charge in [-0.3, -0.25) is 4.79 Å². The van der Waals surface area contributed by atoms with Gasteiger partial charge in [-0.1, -0.05) is 37.3 Å². The Kier molecular flexibility index (Phi) is 4.10. The molecule has 1 heterocycles. The first-order valence-electron chi connectivity index (χ1n) is 7.41. The molecule has 116 valence electrons. The summed E-state index contributed by atoms with van der Waals surface area (Å²) in [7, 11) is 0. The molecule has 5 heteroatoms. The highest BCUT2D eigenvalue weighted by Gasteiger charge is 2.17. The number of aromatic nitrogens is 2. The molecule has 0 saturated carbocycles. The van der Waals surface area contributed by atoms with E-state index in [1.165, 1.54) is 16.4 Å². The molecule has 0 radical (unpaired) electrons. The first-order valence-corrected chi connectivity index (χ1v) is 7.41. The van der Waals surface area contributed by atoms with E-state index in [0.29, 0.717) is 5.69 Å². The number of nitrogens with one attached hydrogen (secondary N) is 1. The summed E-state index contributed by atoms with van der Waals surface area (Å²) in [5.41, 5.74) is 2.63. The van der Waals surface area contributed by atoms with Gasteiger partial charge in [0.05, 0.1) is 11.9 Å². The number of carbonyl (C=O) groups excluding carboxylic acids is 1. The van der Waals surface area contributed by atoms with Crippen LogP contribution in [0.25, 0.3) is 5.69 Å². The molecule has 3 aromatic rings. The van der Waals surface area contributed by atoms with Gasteiger partial charge in [0.2, 0.25) is 0 Å². The number of anilines is 1. The highest BCUT2D eigenvalue weighted by atomic mass is 16.3. The van der Waals surface area contributed by atoms with Crippen molar-refractivity contribution in [2.45, 2.75) is 13.3 Å². The fraction of sp³-hybridized carbons (Fsp3) is 0.111. The van der Waals surface area contributed by atoms with Gasteiger partial charge in [0.1, 0.15) is 0 Å². The van der Waals surface area contributed by atoms with Crippen LogP contribution in [0.1, 0.15) is 23.0 Å². The predicted molar refractivity (Wildman–Crippen MR) is 89.0 cm³/mol. The van der Waals surface area contributed by atoms with Crippen molar-refractivity contribution in [2.75, 3.05) is 5.32 Å². The fourth-order valence-electron chi connectivity index (χ4n) is 2.25. The fourth-order valence-corrected chi connectivity index (χ4v) is 2.25. The SMILES string of the molecule is CCc1ccc(NC(=O)c2nn(-c3ccccc3)cc2O)cc1. The largest absolute Gasteiger partial charge is 0.504 e. The van der Waals surface area contributed by atoms with Crippen LogP contribution in [-0.4, -0.2) is 20.8 Å². The van der Waals surface area contributed by atoms with Crippen LogP contribution in [0.2, 0.25) is 0 Å². The molecular formula is C18H17N3O2. The Balaban J connectivity index is 1.81. The van der Waals surface area contributed by atoms with E-state index in [9.17, 15) is 9.90 Å². The minimum atomic E-state index is -0.443. The lowest BCUT2D eigenvalue weighted by molar-refractivity contribution is 0.101. The van der Waals surface area contributed by atoms with Gasteiger partial charge in [0.15, 0.2) is 11.4 Å². The van der Waals surface area contributed by atoms with Crippen LogP contribution < -0.4 is 5.32 Å². The summed E-state index contributed by atoms with van der Waals surface area (Å²) in [5, 5.41) is 16.9. The number of nitrogens with zero attached hydrogens (tertiary/aromatic N) is 2. The normalized spacial score (nSPS) is 10.5. The molecule has 5 nitrogen and oxygen atoms in total. The van der Waals surface area contributed by atoms with Crippen molar-refractivity contribution in [3.05, 3.63) is 72.1 Å². The molecule has 0 aliphatic carbocycles. The number of hydrogen-bond donors (Lipinski definition) is 2. The molecule has 2 N–H and O–H groups in total. The molecule has 0 atom stereocenters. The van der Waals surface area contributed by atoms with E-state index in [0.717, 1.165) is 12.1 Å². The molecule has 0 fully saturated rings. The Labute approximate surface area is 134 Å². The highest BCUT2D eigenvalue weighted by molar-refractivity contribution is 6.04. The molecule has 0 unspecified atom stereocenters. The van der Waals surface area contributed by atoms with Gasteiger partial charge in [-0.2, -0.15) is 5.10 Å². The summed E-state index contributed by atoms with van der Waals surface area (Å²) in [6, 6.07) is 16.9. The summed E-state index contributed by atoms with van der Waals surface area (Å²) in [6.45, 7) is 2.07. The zero-order valence-corrected chi connectivity index (χ0v) is 12.7. The molecular weight excluding hydrogens is 290 g/mol. The smallest absolute Gasteiger partial charge is 0.280 e. The van der Waals surface area contributed by atoms with Crippen molar-refractivity contribution in [3.63, 3.8) is 0 Å². The number of aryl methyl sites for hydroxylation is 1. The lowest BCUT2D eigenvalue weighted by Gasteiger charge is -2.04. The first-order chi connectivity index (χ1) is 11.2. The van der Waals surface area contributed by atoms with E-state index in [1.54, 1.807) is 0 Å². The second kappa shape index (κ2) is 6.36. The van der Waals surface area contributed by atoms with Crippen molar-refractivity contribution >= 4 is 11.6 Å². The van der Waals surface area contributed by atoms with E-state index in [4.69, 9.17) is 0 Å². The second-order valence-electron chi connectivity index (χ2n) is 5.15. The zero-order valence-electron chi connectivity index (χ0n) is 12.7. The monoisotopic (exact) mass is 307 g/mol. The average Bonchev–Trinajstić information content (AvgIpc) is 2.98. The lowest BCUT2D eigenvalue weighted by Crippen LogP contribution is -2.13.